The van der Waals surface area contributed by atoms with Gasteiger partial charge in [-0.05, 0) is 55.5 Å². The van der Waals surface area contributed by atoms with Crippen LogP contribution in [-0.4, -0.2) is 48.8 Å². The zero-order valence-electron chi connectivity index (χ0n) is 13.6. The number of aliphatic hydroxyl groups is 1. The number of hydrogen-bond donors (Lipinski definition) is 2. The Balaban J connectivity index is 2.24. The molecule has 8 heteroatoms. The monoisotopic (exact) mass is 361 g/mol. The van der Waals surface area contributed by atoms with Gasteiger partial charge in [-0.3, -0.25) is 4.79 Å². The summed E-state index contributed by atoms with van der Waals surface area (Å²) in [5, 5.41) is 5.69. The first-order valence-electron chi connectivity index (χ1n) is 7.71. The SMILES string of the molecule is Cc1cc(C(=O)N2CCC(O)CC2)cc(C)c1CC(F)(F)[SH](=O)=O. The van der Waals surface area contributed by atoms with E-state index in [1.807, 2.05) is 0 Å². The topological polar surface area (TPSA) is 74.7 Å². The van der Waals surface area contributed by atoms with Crippen molar-refractivity contribution in [3.05, 3.63) is 34.4 Å². The fourth-order valence-electron chi connectivity index (χ4n) is 2.92. The number of likely N-dealkylation sites (tertiary alicyclic amines) is 1. The molecule has 0 aliphatic carbocycles. The van der Waals surface area contributed by atoms with Gasteiger partial charge in [0.1, 0.15) is 0 Å². The molecule has 2 rings (SSSR count). The highest BCUT2D eigenvalue weighted by molar-refractivity contribution is 7.73. The number of alkyl halides is 2. The second-order valence-electron chi connectivity index (χ2n) is 6.21. The van der Waals surface area contributed by atoms with Crippen molar-refractivity contribution in [1.29, 1.82) is 0 Å². The summed E-state index contributed by atoms with van der Waals surface area (Å²) >= 11 is 0. The van der Waals surface area contributed by atoms with Crippen LogP contribution in [0.2, 0.25) is 0 Å². The molecular weight excluding hydrogens is 340 g/mol. The van der Waals surface area contributed by atoms with Gasteiger partial charge in [-0.1, -0.05) is 0 Å². The molecule has 1 N–H and O–H groups in total. The lowest BCUT2D eigenvalue weighted by molar-refractivity contribution is 0.0546. The minimum absolute atomic E-state index is 0.207. The lowest BCUT2D eigenvalue weighted by atomic mass is 9.96. The molecule has 24 heavy (non-hydrogen) atoms. The summed E-state index contributed by atoms with van der Waals surface area (Å²) in [4.78, 5) is 14.1. The number of aryl methyl sites for hydroxylation is 2. The third-order valence-electron chi connectivity index (χ3n) is 4.35. The van der Waals surface area contributed by atoms with E-state index in [1.54, 1.807) is 18.7 Å². The van der Waals surface area contributed by atoms with Crippen LogP contribution in [-0.2, 0) is 17.1 Å². The Hall–Kier alpha value is -1.54. The Kier molecular flexibility index (Phi) is 5.59. The van der Waals surface area contributed by atoms with Crippen molar-refractivity contribution in [3.63, 3.8) is 0 Å². The quantitative estimate of drug-likeness (QED) is 0.800. The summed E-state index contributed by atoms with van der Waals surface area (Å²) in [7, 11) is -3.86. The molecule has 1 heterocycles. The van der Waals surface area contributed by atoms with E-state index in [1.165, 1.54) is 12.1 Å². The van der Waals surface area contributed by atoms with Gasteiger partial charge in [-0.2, -0.15) is 8.78 Å². The predicted octanol–water partition coefficient (Wildman–Crippen LogP) is 1.65. The molecule has 134 valence electrons. The average molecular weight is 361 g/mol. The third-order valence-corrected chi connectivity index (χ3v) is 5.04. The van der Waals surface area contributed by atoms with Crippen molar-refractivity contribution in [1.82, 2.24) is 4.90 Å². The van der Waals surface area contributed by atoms with Gasteiger partial charge in [0.25, 0.3) is 5.91 Å². The van der Waals surface area contributed by atoms with Gasteiger partial charge in [-0.15, -0.1) is 0 Å². The van der Waals surface area contributed by atoms with Crippen molar-refractivity contribution in [2.24, 2.45) is 0 Å². The minimum atomic E-state index is -3.86. The van der Waals surface area contributed by atoms with Crippen molar-refractivity contribution >= 4 is 16.6 Å². The van der Waals surface area contributed by atoms with Crippen LogP contribution >= 0.6 is 0 Å². The zero-order chi connectivity index (χ0) is 18.1. The Morgan fingerprint density at radius 2 is 1.75 bits per heavy atom. The number of nitrogens with zero attached hydrogens (tertiary/aromatic N) is 1. The van der Waals surface area contributed by atoms with Gasteiger partial charge in [0.2, 0.25) is 10.7 Å². The first kappa shape index (κ1) is 18.8. The van der Waals surface area contributed by atoms with Crippen LogP contribution in [0.5, 0.6) is 0 Å². The van der Waals surface area contributed by atoms with E-state index in [-0.39, 0.29) is 11.5 Å². The van der Waals surface area contributed by atoms with Gasteiger partial charge in [0, 0.05) is 18.7 Å². The van der Waals surface area contributed by atoms with Crippen LogP contribution in [0.15, 0.2) is 12.1 Å². The van der Waals surface area contributed by atoms with E-state index < -0.39 is 28.5 Å². The third kappa shape index (κ3) is 4.10. The van der Waals surface area contributed by atoms with Crippen molar-refractivity contribution in [2.75, 3.05) is 13.1 Å². The summed E-state index contributed by atoms with van der Waals surface area (Å²) in [6.07, 6.45) is -0.251. The van der Waals surface area contributed by atoms with E-state index in [2.05, 4.69) is 0 Å². The number of benzene rings is 1. The molecule has 0 atom stereocenters. The number of hydrogen-bond acceptors (Lipinski definition) is 4. The van der Waals surface area contributed by atoms with E-state index in [0.717, 1.165) is 0 Å². The number of carbonyl (C=O) groups is 1. The van der Waals surface area contributed by atoms with Crippen molar-refractivity contribution < 1.29 is 27.1 Å². The van der Waals surface area contributed by atoms with Crippen LogP contribution < -0.4 is 0 Å². The summed E-state index contributed by atoms with van der Waals surface area (Å²) in [5.74, 6) is -0.207. The molecular formula is C16H21F2NO4S. The molecule has 0 saturated carbocycles. The number of aliphatic hydroxyl groups excluding tert-OH is 1. The first-order valence-corrected chi connectivity index (χ1v) is 8.89. The van der Waals surface area contributed by atoms with E-state index in [9.17, 15) is 27.1 Å². The molecule has 1 aliphatic heterocycles. The number of rotatable bonds is 4. The van der Waals surface area contributed by atoms with Crippen LogP contribution in [0, 0.1) is 13.8 Å². The maximum absolute atomic E-state index is 13.5. The molecule has 1 aromatic carbocycles. The van der Waals surface area contributed by atoms with E-state index in [4.69, 9.17) is 0 Å². The molecule has 1 aromatic rings. The second kappa shape index (κ2) is 7.14. The van der Waals surface area contributed by atoms with Crippen LogP contribution in [0.4, 0.5) is 8.78 Å². The molecule has 1 aliphatic rings. The largest absolute Gasteiger partial charge is 0.393 e. The lowest BCUT2D eigenvalue weighted by Gasteiger charge is -2.30. The molecule has 0 radical (unpaired) electrons. The van der Waals surface area contributed by atoms with Crippen LogP contribution in [0.1, 0.15) is 39.9 Å². The Labute approximate surface area is 141 Å². The molecule has 1 amide bonds. The maximum Gasteiger partial charge on any atom is 0.347 e. The van der Waals surface area contributed by atoms with Gasteiger partial charge < -0.3 is 10.0 Å². The minimum Gasteiger partial charge on any atom is -0.393 e. The molecule has 5 nitrogen and oxygen atoms in total. The summed E-state index contributed by atoms with van der Waals surface area (Å²) < 4.78 is 48.3. The van der Waals surface area contributed by atoms with E-state index in [0.29, 0.717) is 42.6 Å². The zero-order valence-corrected chi connectivity index (χ0v) is 14.5. The van der Waals surface area contributed by atoms with Crippen molar-refractivity contribution in [2.45, 2.75) is 44.5 Å². The van der Waals surface area contributed by atoms with Gasteiger partial charge in [0.05, 0.1) is 12.5 Å². The second-order valence-corrected chi connectivity index (χ2v) is 7.38. The molecule has 1 fully saturated rings. The fraction of sp³-hybridized carbons (Fsp3) is 0.562. The molecule has 0 spiro atoms. The van der Waals surface area contributed by atoms with Crippen molar-refractivity contribution in [3.8, 4) is 0 Å². The highest BCUT2D eigenvalue weighted by atomic mass is 32.2. The number of thiol groups is 1. The smallest absolute Gasteiger partial charge is 0.347 e. The lowest BCUT2D eigenvalue weighted by Crippen LogP contribution is -2.40. The number of halogens is 2. The number of carbonyl (C=O) groups excluding carboxylic acids is 1. The highest BCUT2D eigenvalue weighted by Gasteiger charge is 2.34. The van der Waals surface area contributed by atoms with Crippen LogP contribution in [0.3, 0.4) is 0 Å². The first-order chi connectivity index (χ1) is 11.1. The molecule has 1 saturated heterocycles. The summed E-state index contributed by atoms with van der Waals surface area (Å²) in [5.41, 5.74) is 1.56. The average Bonchev–Trinajstić information content (AvgIpc) is 2.50. The summed E-state index contributed by atoms with van der Waals surface area (Å²) in [6.45, 7) is 4.09. The molecule has 0 bridgehead atoms. The number of amides is 1. The summed E-state index contributed by atoms with van der Waals surface area (Å²) in [6, 6.07) is 3.04. The van der Waals surface area contributed by atoms with Crippen LogP contribution in [0.25, 0.3) is 0 Å². The van der Waals surface area contributed by atoms with Gasteiger partial charge >= 0.3 is 5.25 Å². The fourth-order valence-corrected chi connectivity index (χ4v) is 3.21. The predicted molar refractivity (Wildman–Crippen MR) is 86.0 cm³/mol. The Morgan fingerprint density at radius 1 is 1.25 bits per heavy atom. The normalized spacial score (nSPS) is 16.7. The molecule has 0 aromatic heterocycles. The van der Waals surface area contributed by atoms with Gasteiger partial charge in [0.15, 0.2) is 0 Å². The Morgan fingerprint density at radius 3 is 2.21 bits per heavy atom. The highest BCUT2D eigenvalue weighted by Crippen LogP contribution is 2.27. The van der Waals surface area contributed by atoms with Gasteiger partial charge in [-0.25, -0.2) is 8.42 Å². The molecule has 0 unspecified atom stereocenters. The number of piperidine rings is 1. The maximum atomic E-state index is 13.5. The Bertz CT molecular complexity index is 679. The standard InChI is InChI=1S/C16H21F2NO4S/c1-10-7-12(15(21)19-5-3-13(20)4-6-19)8-11(2)14(10)9-16(17,18)24(22)23/h7-8,13,20,24H,3-6,9H2,1-2H3. The van der Waals surface area contributed by atoms with E-state index >= 15 is 0 Å².